The van der Waals surface area contributed by atoms with Gasteiger partial charge < -0.3 is 9.47 Å². The number of rotatable bonds is 13. The highest BCUT2D eigenvalue weighted by Gasteiger charge is 2.12. The molecule has 1 aromatic rings. The van der Waals surface area contributed by atoms with Crippen LogP contribution in [0, 0.1) is 5.92 Å². The molecule has 1 atom stereocenters. The number of aryl methyl sites for hydroxylation is 1. The topological polar surface area (TPSA) is 52.6 Å². The SMILES string of the molecule is CCCCC(CC)COC(=O)CCC(=O)OCCCc1ccccc1. The maximum absolute atomic E-state index is 11.7. The standard InChI is InChI=1S/C21H32O4/c1-3-5-10-18(4-2)17-25-21(23)15-14-20(22)24-16-9-13-19-11-7-6-8-12-19/h6-8,11-12,18H,3-5,9-10,13-17H2,1-2H3. The van der Waals surface area contributed by atoms with Gasteiger partial charge in [0.1, 0.15) is 0 Å². The maximum atomic E-state index is 11.7. The first-order valence-electron chi connectivity index (χ1n) is 9.50. The molecule has 25 heavy (non-hydrogen) atoms. The van der Waals surface area contributed by atoms with E-state index in [4.69, 9.17) is 9.47 Å². The zero-order valence-electron chi connectivity index (χ0n) is 15.7. The van der Waals surface area contributed by atoms with Crippen LogP contribution >= 0.6 is 0 Å². The minimum absolute atomic E-state index is 0.0932. The van der Waals surface area contributed by atoms with Crippen LogP contribution in [-0.4, -0.2) is 25.2 Å². The van der Waals surface area contributed by atoms with Gasteiger partial charge in [0, 0.05) is 0 Å². The molecular formula is C21H32O4. The van der Waals surface area contributed by atoms with E-state index in [2.05, 4.69) is 26.0 Å². The van der Waals surface area contributed by atoms with Crippen LogP contribution in [0.1, 0.15) is 64.4 Å². The molecule has 0 bridgehead atoms. The first kappa shape index (κ1) is 21.2. The summed E-state index contributed by atoms with van der Waals surface area (Å²) in [5.74, 6) is -0.215. The van der Waals surface area contributed by atoms with Crippen LogP contribution < -0.4 is 0 Å². The summed E-state index contributed by atoms with van der Waals surface area (Å²) in [4.78, 5) is 23.4. The smallest absolute Gasteiger partial charge is 0.306 e. The van der Waals surface area contributed by atoms with Crippen LogP contribution in [-0.2, 0) is 25.5 Å². The zero-order chi connectivity index (χ0) is 18.3. The van der Waals surface area contributed by atoms with Gasteiger partial charge in [0.2, 0.25) is 0 Å². The molecule has 0 radical (unpaired) electrons. The molecule has 0 heterocycles. The van der Waals surface area contributed by atoms with Crippen LogP contribution in [0.3, 0.4) is 0 Å². The zero-order valence-corrected chi connectivity index (χ0v) is 15.7. The number of esters is 2. The lowest BCUT2D eigenvalue weighted by Crippen LogP contribution is -2.15. The van der Waals surface area contributed by atoms with Gasteiger partial charge in [-0.25, -0.2) is 0 Å². The van der Waals surface area contributed by atoms with E-state index in [-0.39, 0.29) is 24.8 Å². The number of ether oxygens (including phenoxy) is 2. The Labute approximate surface area is 151 Å². The molecule has 1 rings (SSSR count). The van der Waals surface area contributed by atoms with Crippen molar-refractivity contribution < 1.29 is 19.1 Å². The summed E-state index contributed by atoms with van der Waals surface area (Å²) in [6.45, 7) is 5.12. The molecule has 0 N–H and O–H groups in total. The van der Waals surface area contributed by atoms with E-state index in [0.29, 0.717) is 19.1 Å². The van der Waals surface area contributed by atoms with Gasteiger partial charge in [0.15, 0.2) is 0 Å². The molecular weight excluding hydrogens is 316 g/mol. The number of unbranched alkanes of at least 4 members (excludes halogenated alkanes) is 1. The summed E-state index contributed by atoms with van der Waals surface area (Å²) < 4.78 is 10.4. The number of hydrogen-bond acceptors (Lipinski definition) is 4. The largest absolute Gasteiger partial charge is 0.466 e. The predicted molar refractivity (Wildman–Crippen MR) is 99.2 cm³/mol. The van der Waals surface area contributed by atoms with Crippen molar-refractivity contribution in [1.82, 2.24) is 0 Å². The third kappa shape index (κ3) is 10.6. The van der Waals surface area contributed by atoms with E-state index in [1.54, 1.807) is 0 Å². The second-order valence-electron chi connectivity index (χ2n) is 6.41. The Bertz CT molecular complexity index is 484. The minimum atomic E-state index is -0.331. The Balaban J connectivity index is 2.07. The molecule has 0 aromatic heterocycles. The lowest BCUT2D eigenvalue weighted by molar-refractivity contribution is -0.151. The molecule has 0 aliphatic carbocycles. The van der Waals surface area contributed by atoms with Gasteiger partial charge in [-0.15, -0.1) is 0 Å². The first-order valence-corrected chi connectivity index (χ1v) is 9.50. The highest BCUT2D eigenvalue weighted by Crippen LogP contribution is 2.13. The van der Waals surface area contributed by atoms with Crippen molar-refractivity contribution in [3.63, 3.8) is 0 Å². The van der Waals surface area contributed by atoms with Gasteiger partial charge in [-0.05, 0) is 30.7 Å². The quantitative estimate of drug-likeness (QED) is 0.383. The molecule has 1 unspecified atom stereocenters. The van der Waals surface area contributed by atoms with E-state index in [1.807, 2.05) is 18.2 Å². The summed E-state index contributed by atoms with van der Waals surface area (Å²) in [6, 6.07) is 10.1. The van der Waals surface area contributed by atoms with Gasteiger partial charge in [-0.3, -0.25) is 9.59 Å². The average Bonchev–Trinajstić information content (AvgIpc) is 2.64. The lowest BCUT2D eigenvalue weighted by atomic mass is 10.0. The Morgan fingerprint density at radius 2 is 1.64 bits per heavy atom. The third-order valence-corrected chi connectivity index (χ3v) is 4.27. The number of carbonyl (C=O) groups is 2. The summed E-state index contributed by atoms with van der Waals surface area (Å²) in [7, 11) is 0. The van der Waals surface area contributed by atoms with E-state index in [1.165, 1.54) is 5.56 Å². The van der Waals surface area contributed by atoms with Gasteiger partial charge >= 0.3 is 11.9 Å². The number of benzene rings is 1. The second kappa shape index (κ2) is 13.5. The van der Waals surface area contributed by atoms with E-state index in [0.717, 1.165) is 38.5 Å². The third-order valence-electron chi connectivity index (χ3n) is 4.27. The van der Waals surface area contributed by atoms with E-state index >= 15 is 0 Å². The molecule has 1 aromatic carbocycles. The van der Waals surface area contributed by atoms with Crippen molar-refractivity contribution in [3.8, 4) is 0 Å². The summed E-state index contributed by atoms with van der Waals surface area (Å²) in [5.41, 5.74) is 1.23. The van der Waals surface area contributed by atoms with Gasteiger partial charge in [0.05, 0.1) is 26.1 Å². The predicted octanol–water partition coefficient (Wildman–Crippen LogP) is 4.70. The summed E-state index contributed by atoms with van der Waals surface area (Å²) in [6.07, 6.45) is 6.27. The molecule has 0 fully saturated rings. The normalized spacial score (nSPS) is 11.8. The molecule has 140 valence electrons. The minimum Gasteiger partial charge on any atom is -0.466 e. The van der Waals surface area contributed by atoms with Crippen LogP contribution in [0.15, 0.2) is 30.3 Å². The molecule has 0 saturated heterocycles. The van der Waals surface area contributed by atoms with Crippen molar-refractivity contribution in [2.24, 2.45) is 5.92 Å². The Morgan fingerprint density at radius 1 is 0.960 bits per heavy atom. The van der Waals surface area contributed by atoms with Gasteiger partial charge in [0.25, 0.3) is 0 Å². The summed E-state index contributed by atoms with van der Waals surface area (Å²) in [5, 5.41) is 0. The fourth-order valence-corrected chi connectivity index (χ4v) is 2.56. The molecule has 4 heteroatoms. The van der Waals surface area contributed by atoms with Crippen molar-refractivity contribution in [3.05, 3.63) is 35.9 Å². The van der Waals surface area contributed by atoms with Gasteiger partial charge in [-0.2, -0.15) is 0 Å². The maximum Gasteiger partial charge on any atom is 0.306 e. The molecule has 0 saturated carbocycles. The Kier molecular flexibility index (Phi) is 11.4. The highest BCUT2D eigenvalue weighted by molar-refractivity contribution is 5.77. The monoisotopic (exact) mass is 348 g/mol. The highest BCUT2D eigenvalue weighted by atomic mass is 16.5. The van der Waals surface area contributed by atoms with Crippen molar-refractivity contribution in [1.29, 1.82) is 0 Å². The van der Waals surface area contributed by atoms with Crippen LogP contribution in [0.2, 0.25) is 0 Å². The van der Waals surface area contributed by atoms with Gasteiger partial charge in [-0.1, -0.05) is 63.4 Å². The molecule has 4 nitrogen and oxygen atoms in total. The van der Waals surface area contributed by atoms with Crippen molar-refractivity contribution >= 4 is 11.9 Å². The average molecular weight is 348 g/mol. The molecule has 0 spiro atoms. The fraction of sp³-hybridized carbons (Fsp3) is 0.619. The number of carbonyl (C=O) groups excluding carboxylic acids is 2. The Morgan fingerprint density at radius 3 is 2.28 bits per heavy atom. The van der Waals surface area contributed by atoms with Crippen LogP contribution in [0.4, 0.5) is 0 Å². The Hall–Kier alpha value is -1.84. The van der Waals surface area contributed by atoms with Crippen LogP contribution in [0.25, 0.3) is 0 Å². The second-order valence-corrected chi connectivity index (χ2v) is 6.41. The van der Waals surface area contributed by atoms with E-state index < -0.39 is 0 Å². The van der Waals surface area contributed by atoms with Crippen molar-refractivity contribution in [2.75, 3.05) is 13.2 Å². The fourth-order valence-electron chi connectivity index (χ4n) is 2.56. The lowest BCUT2D eigenvalue weighted by Gasteiger charge is -2.14. The molecule has 0 amide bonds. The van der Waals surface area contributed by atoms with E-state index in [9.17, 15) is 9.59 Å². The summed E-state index contributed by atoms with van der Waals surface area (Å²) >= 11 is 0. The molecule has 0 aliphatic heterocycles. The first-order chi connectivity index (χ1) is 12.2. The van der Waals surface area contributed by atoms with Crippen LogP contribution in [0.5, 0.6) is 0 Å². The molecule has 0 aliphatic rings. The van der Waals surface area contributed by atoms with Crippen molar-refractivity contribution in [2.45, 2.75) is 65.2 Å². The number of hydrogen-bond donors (Lipinski definition) is 0.